The zero-order valence-corrected chi connectivity index (χ0v) is 23.7. The van der Waals surface area contributed by atoms with Crippen LogP contribution in [0.3, 0.4) is 0 Å². The second-order valence-electron chi connectivity index (χ2n) is 10.8. The van der Waals surface area contributed by atoms with Gasteiger partial charge in [-0.25, -0.2) is 0 Å². The van der Waals surface area contributed by atoms with E-state index < -0.39 is 5.54 Å². The number of likely N-dealkylation sites (tertiary alicyclic amines) is 1. The Morgan fingerprint density at radius 1 is 1.08 bits per heavy atom. The van der Waals surface area contributed by atoms with Gasteiger partial charge >= 0.3 is 0 Å². The Kier molecular flexibility index (Phi) is 6.57. The lowest BCUT2D eigenvalue weighted by Gasteiger charge is -2.44. The van der Waals surface area contributed by atoms with Gasteiger partial charge in [-0.05, 0) is 87.7 Å². The summed E-state index contributed by atoms with van der Waals surface area (Å²) in [7, 11) is 0. The van der Waals surface area contributed by atoms with Gasteiger partial charge in [0, 0.05) is 57.3 Å². The average Bonchev–Trinajstić information content (AvgIpc) is 3.62. The fraction of sp³-hybridized carbons (Fsp3) is 0.281. The van der Waals surface area contributed by atoms with Gasteiger partial charge in [0.2, 0.25) is 0 Å². The first kappa shape index (κ1) is 25.5. The molecule has 2 N–H and O–H groups in total. The van der Waals surface area contributed by atoms with E-state index in [1.165, 1.54) is 46.8 Å². The highest BCUT2D eigenvalue weighted by molar-refractivity contribution is 7.16. The zero-order chi connectivity index (χ0) is 27.1. The van der Waals surface area contributed by atoms with Crippen LogP contribution in [0.5, 0.6) is 0 Å². The molecule has 0 radical (unpaired) electrons. The van der Waals surface area contributed by atoms with Gasteiger partial charge in [0.1, 0.15) is 5.54 Å². The number of hydrogen-bond acceptors (Lipinski definition) is 7. The maximum Gasteiger partial charge on any atom is 0.102 e. The van der Waals surface area contributed by atoms with Gasteiger partial charge in [-0.2, -0.15) is 0 Å². The molecule has 4 aromatic rings. The lowest BCUT2D eigenvalue weighted by atomic mass is 9.80. The maximum absolute atomic E-state index is 4.73. The molecule has 2 aliphatic rings. The lowest BCUT2D eigenvalue weighted by Crippen LogP contribution is -2.45. The van der Waals surface area contributed by atoms with E-state index in [1.807, 2.05) is 37.9 Å². The molecule has 0 spiro atoms. The van der Waals surface area contributed by atoms with E-state index in [2.05, 4.69) is 76.8 Å². The molecule has 0 saturated carbocycles. The number of anilines is 2. The molecule has 0 amide bonds. The van der Waals surface area contributed by atoms with Crippen LogP contribution in [0.25, 0.3) is 27.3 Å². The molecule has 6 heterocycles. The van der Waals surface area contributed by atoms with Crippen LogP contribution in [0.4, 0.5) is 11.4 Å². The molecule has 6 rings (SSSR count). The highest BCUT2D eigenvalue weighted by atomic mass is 32.1. The van der Waals surface area contributed by atoms with Crippen molar-refractivity contribution < 1.29 is 0 Å². The van der Waals surface area contributed by atoms with Gasteiger partial charge in [0.15, 0.2) is 0 Å². The highest BCUT2D eigenvalue weighted by Crippen LogP contribution is 2.47. The van der Waals surface area contributed by atoms with Crippen LogP contribution in [0.2, 0.25) is 0 Å². The summed E-state index contributed by atoms with van der Waals surface area (Å²) in [5.41, 5.74) is 10.1. The molecular weight excluding hydrogens is 500 g/mol. The van der Waals surface area contributed by atoms with Gasteiger partial charge in [0.25, 0.3) is 0 Å². The standard InChI is InChI=1S/C32H34N6S/c1-20(2)30-8-9-31(39-30)25-16-34-17-28(21(25)3)36-22(4)32(5)26-13-27(35-18-29(26)37-32)24-12-23(14-33-15-24)19-38-10-6-7-11-38/h8-9,12-18,36-37H,1,4,6-7,10-11,19H2,2-3,5H3. The van der Waals surface area contributed by atoms with Crippen LogP contribution in [0.15, 0.2) is 74.1 Å². The fourth-order valence-electron chi connectivity index (χ4n) is 5.45. The Bertz CT molecular complexity index is 1580. The Morgan fingerprint density at radius 3 is 2.64 bits per heavy atom. The summed E-state index contributed by atoms with van der Waals surface area (Å²) < 4.78 is 0. The van der Waals surface area contributed by atoms with E-state index in [1.54, 1.807) is 11.3 Å². The molecule has 2 aliphatic heterocycles. The van der Waals surface area contributed by atoms with E-state index >= 15 is 0 Å². The van der Waals surface area contributed by atoms with Crippen LogP contribution in [-0.4, -0.2) is 32.9 Å². The van der Waals surface area contributed by atoms with Crippen molar-refractivity contribution in [3.8, 4) is 21.7 Å². The Labute approximate surface area is 234 Å². The number of aromatic nitrogens is 3. The number of allylic oxidation sites excluding steroid dienone is 1. The minimum atomic E-state index is -0.438. The van der Waals surface area contributed by atoms with Crippen LogP contribution in [0.1, 0.15) is 48.3 Å². The highest BCUT2D eigenvalue weighted by Gasteiger charge is 2.41. The third kappa shape index (κ3) is 4.77. The fourth-order valence-corrected chi connectivity index (χ4v) is 6.45. The Balaban J connectivity index is 1.23. The largest absolute Gasteiger partial charge is 0.369 e. The number of pyridine rings is 3. The average molecular weight is 535 g/mol. The van der Waals surface area contributed by atoms with Crippen molar-refractivity contribution in [1.82, 2.24) is 19.9 Å². The molecular formula is C32H34N6S. The monoisotopic (exact) mass is 534 g/mol. The van der Waals surface area contributed by atoms with Crippen molar-refractivity contribution in [1.29, 1.82) is 0 Å². The minimum absolute atomic E-state index is 0.438. The topological polar surface area (TPSA) is 66.0 Å². The molecule has 1 unspecified atom stereocenters. The summed E-state index contributed by atoms with van der Waals surface area (Å²) in [5, 5.41) is 7.14. The summed E-state index contributed by atoms with van der Waals surface area (Å²) in [4.78, 5) is 18.7. The van der Waals surface area contributed by atoms with E-state index in [-0.39, 0.29) is 0 Å². The molecule has 0 bridgehead atoms. The summed E-state index contributed by atoms with van der Waals surface area (Å²) in [6.07, 6.45) is 12.2. The van der Waals surface area contributed by atoms with E-state index in [0.29, 0.717) is 0 Å². The molecule has 1 fully saturated rings. The number of nitrogens with zero attached hydrogens (tertiary/aromatic N) is 4. The van der Waals surface area contributed by atoms with Gasteiger partial charge in [-0.15, -0.1) is 11.3 Å². The Morgan fingerprint density at radius 2 is 1.87 bits per heavy atom. The molecule has 0 aliphatic carbocycles. The minimum Gasteiger partial charge on any atom is -0.369 e. The SMILES string of the molecule is C=C(C)c1ccc(-c2cncc(NC(=C)C3(C)Nc4cnc(-c5cncc(CN6CCCC6)c5)cc43)c2C)s1. The number of hydrogen-bond donors (Lipinski definition) is 2. The van der Waals surface area contributed by atoms with Crippen molar-refractivity contribution in [2.45, 2.75) is 45.7 Å². The maximum atomic E-state index is 4.73. The van der Waals surface area contributed by atoms with Crippen LogP contribution in [-0.2, 0) is 12.1 Å². The molecule has 1 saturated heterocycles. The predicted molar refractivity (Wildman–Crippen MR) is 163 cm³/mol. The first-order chi connectivity index (χ1) is 18.8. The van der Waals surface area contributed by atoms with Crippen molar-refractivity contribution >= 4 is 28.3 Å². The molecule has 0 aromatic carbocycles. The molecule has 1 atom stereocenters. The first-order valence-electron chi connectivity index (χ1n) is 13.4. The molecule has 4 aromatic heterocycles. The van der Waals surface area contributed by atoms with E-state index in [0.717, 1.165) is 51.6 Å². The second-order valence-corrected chi connectivity index (χ2v) is 11.9. The summed E-state index contributed by atoms with van der Waals surface area (Å²) in [6, 6.07) is 8.66. The van der Waals surface area contributed by atoms with Crippen LogP contribution < -0.4 is 10.6 Å². The van der Waals surface area contributed by atoms with E-state index in [4.69, 9.17) is 4.98 Å². The number of nitrogens with one attached hydrogen (secondary N) is 2. The molecule has 39 heavy (non-hydrogen) atoms. The number of fused-ring (bicyclic) bond motifs is 1. The van der Waals surface area contributed by atoms with Gasteiger partial charge < -0.3 is 10.6 Å². The van der Waals surface area contributed by atoms with Crippen molar-refractivity contribution in [2.24, 2.45) is 0 Å². The normalized spacial score (nSPS) is 18.2. The third-order valence-electron chi connectivity index (χ3n) is 7.92. The van der Waals surface area contributed by atoms with Crippen molar-refractivity contribution in [3.63, 3.8) is 0 Å². The summed E-state index contributed by atoms with van der Waals surface area (Å²) in [6.45, 7) is 18.1. The van der Waals surface area contributed by atoms with E-state index in [9.17, 15) is 0 Å². The molecule has 7 heteroatoms. The van der Waals surface area contributed by atoms with Gasteiger partial charge in [-0.1, -0.05) is 13.2 Å². The quantitative estimate of drug-likeness (QED) is 0.244. The second kappa shape index (κ2) is 10.1. The number of thiophene rings is 1. The van der Waals surface area contributed by atoms with Crippen molar-refractivity contribution in [2.75, 3.05) is 23.7 Å². The van der Waals surface area contributed by atoms with Gasteiger partial charge in [-0.3, -0.25) is 19.9 Å². The van der Waals surface area contributed by atoms with Gasteiger partial charge in [0.05, 0.1) is 29.5 Å². The predicted octanol–water partition coefficient (Wildman–Crippen LogP) is 7.47. The summed E-state index contributed by atoms with van der Waals surface area (Å²) in [5.74, 6) is 0. The first-order valence-corrected chi connectivity index (χ1v) is 14.3. The zero-order valence-electron chi connectivity index (χ0n) is 22.8. The summed E-state index contributed by atoms with van der Waals surface area (Å²) >= 11 is 1.74. The van der Waals surface area contributed by atoms with Crippen LogP contribution >= 0.6 is 11.3 Å². The number of rotatable bonds is 8. The molecule has 198 valence electrons. The smallest absolute Gasteiger partial charge is 0.102 e. The third-order valence-corrected chi connectivity index (χ3v) is 9.20. The molecule has 6 nitrogen and oxygen atoms in total. The lowest BCUT2D eigenvalue weighted by molar-refractivity contribution is 0.331. The Hall–Kier alpha value is -3.81. The van der Waals surface area contributed by atoms with Crippen molar-refractivity contribution in [3.05, 3.63) is 95.7 Å². The van der Waals surface area contributed by atoms with Crippen LogP contribution in [0, 0.1) is 6.92 Å².